The van der Waals surface area contributed by atoms with Gasteiger partial charge in [0.25, 0.3) is 0 Å². The van der Waals surface area contributed by atoms with Crippen LogP contribution < -0.4 is 19.4 Å². The van der Waals surface area contributed by atoms with Gasteiger partial charge < -0.3 is 9.72 Å². The van der Waals surface area contributed by atoms with Crippen LogP contribution in [-0.4, -0.2) is 21.6 Å². The zero-order valence-corrected chi connectivity index (χ0v) is 11.9. The van der Waals surface area contributed by atoms with Crippen LogP contribution in [0.2, 0.25) is 0 Å². The number of hydrogen-bond acceptors (Lipinski definition) is 6. The summed E-state index contributed by atoms with van der Waals surface area (Å²) in [5.74, 6) is 0. The third kappa shape index (κ3) is 2.75. The Kier molecular flexibility index (Phi) is 4.27. The average molecular weight is 287 g/mol. The Hall–Kier alpha value is -2.46. The van der Waals surface area contributed by atoms with Crippen LogP contribution in [0.3, 0.4) is 0 Å². The predicted octanol–water partition coefficient (Wildman–Crippen LogP) is 0.267. The summed E-state index contributed by atoms with van der Waals surface area (Å²) in [4.78, 5) is 11.2. The lowest BCUT2D eigenvalue weighted by Crippen LogP contribution is -2.20. The number of nitriles is 1. The Morgan fingerprint density at radius 3 is 3.05 bits per heavy atom. The minimum atomic E-state index is 0.239. The molecule has 6 nitrogen and oxygen atoms in total. The fourth-order valence-corrected chi connectivity index (χ4v) is 2.48. The van der Waals surface area contributed by atoms with Gasteiger partial charge in [-0.05, 0) is 19.9 Å². The fraction of sp³-hybridized carbons (Fsp3) is 0.231. The smallest absolute Gasteiger partial charge is 0.316 e. The molecule has 7 heteroatoms. The van der Waals surface area contributed by atoms with Crippen LogP contribution in [0.4, 0.5) is 0 Å². The molecule has 0 aromatic carbocycles. The van der Waals surface area contributed by atoms with Crippen molar-refractivity contribution in [2.24, 2.45) is 0 Å². The highest BCUT2D eigenvalue weighted by Gasteiger charge is 2.08. The Balaban J connectivity index is 2.66. The van der Waals surface area contributed by atoms with Gasteiger partial charge in [-0.3, -0.25) is 5.41 Å². The minimum absolute atomic E-state index is 0.239. The summed E-state index contributed by atoms with van der Waals surface area (Å²) in [6, 6.07) is 4.01. The average Bonchev–Trinajstić information content (AvgIpc) is 2.81. The van der Waals surface area contributed by atoms with Gasteiger partial charge in [0.15, 0.2) is 0 Å². The normalized spacial score (nSPS) is 12.9. The maximum absolute atomic E-state index is 9.35. The number of nitrogens with one attached hydrogen (secondary N) is 2. The van der Waals surface area contributed by atoms with E-state index >= 15 is 0 Å². The number of thiazole rings is 1. The van der Waals surface area contributed by atoms with Crippen LogP contribution in [0, 0.1) is 16.7 Å². The molecule has 2 heterocycles. The molecule has 0 amide bonds. The van der Waals surface area contributed by atoms with E-state index in [0.29, 0.717) is 32.6 Å². The second-order valence-electron chi connectivity index (χ2n) is 3.73. The van der Waals surface area contributed by atoms with E-state index < -0.39 is 0 Å². The maximum Gasteiger partial charge on any atom is 0.316 e. The first-order valence-corrected chi connectivity index (χ1v) is 6.82. The van der Waals surface area contributed by atoms with E-state index in [9.17, 15) is 5.26 Å². The van der Waals surface area contributed by atoms with Gasteiger partial charge in [-0.2, -0.15) is 10.2 Å². The molecule has 2 aromatic heterocycles. The summed E-state index contributed by atoms with van der Waals surface area (Å²) in [7, 11) is 0. The highest BCUT2D eigenvalue weighted by atomic mass is 32.1. The second-order valence-corrected chi connectivity index (χ2v) is 4.75. The molecule has 0 atom stereocenters. The Bertz CT molecular complexity index is 827. The highest BCUT2D eigenvalue weighted by molar-refractivity contribution is 7.07. The Labute approximate surface area is 119 Å². The SMILES string of the molecule is CC=c1[nH]/c(=C(/C#N)c2ccnc(OCC)n2)sc1=N. The van der Waals surface area contributed by atoms with Crippen LogP contribution >= 0.6 is 11.3 Å². The number of H-pyrrole nitrogens is 1. The van der Waals surface area contributed by atoms with E-state index in [2.05, 4.69) is 21.0 Å². The number of aromatic nitrogens is 3. The zero-order chi connectivity index (χ0) is 14.5. The fourth-order valence-electron chi connectivity index (χ4n) is 1.58. The standard InChI is InChI=1S/C13H13N5OS/c1-3-9-11(15)20-12(17-9)8(7-14)10-5-6-16-13(18-10)19-4-2/h3,5-6,15,17H,4H2,1-2H3/b9-3?,12-8+,15-11?. The largest absolute Gasteiger partial charge is 0.464 e. The van der Waals surface area contributed by atoms with Crippen molar-refractivity contribution in [3.63, 3.8) is 0 Å². The number of nitrogens with zero attached hydrogens (tertiary/aromatic N) is 3. The van der Waals surface area contributed by atoms with E-state index in [-0.39, 0.29) is 6.01 Å². The monoisotopic (exact) mass is 287 g/mol. The molecule has 0 unspecified atom stereocenters. The highest BCUT2D eigenvalue weighted by Crippen LogP contribution is 2.10. The topological polar surface area (TPSA) is 98.4 Å². The second kappa shape index (κ2) is 6.12. The maximum atomic E-state index is 9.35. The van der Waals surface area contributed by atoms with Crippen LogP contribution in [-0.2, 0) is 0 Å². The molecule has 102 valence electrons. The van der Waals surface area contributed by atoms with Crippen LogP contribution in [0.5, 0.6) is 6.01 Å². The molecule has 0 saturated heterocycles. The molecule has 2 aromatic rings. The molecular weight excluding hydrogens is 274 g/mol. The van der Waals surface area contributed by atoms with E-state index in [0.717, 1.165) is 0 Å². The van der Waals surface area contributed by atoms with Crippen LogP contribution in [0.25, 0.3) is 11.6 Å². The molecule has 2 rings (SSSR count). The molecule has 20 heavy (non-hydrogen) atoms. The first-order valence-electron chi connectivity index (χ1n) is 6.00. The third-order valence-electron chi connectivity index (χ3n) is 2.49. The third-order valence-corrected chi connectivity index (χ3v) is 3.42. The van der Waals surface area contributed by atoms with Gasteiger partial charge >= 0.3 is 6.01 Å². The van der Waals surface area contributed by atoms with Gasteiger partial charge in [-0.25, -0.2) is 4.98 Å². The van der Waals surface area contributed by atoms with Crippen LogP contribution in [0.15, 0.2) is 12.3 Å². The Morgan fingerprint density at radius 1 is 1.65 bits per heavy atom. The number of hydrogen-bond donors (Lipinski definition) is 2. The van der Waals surface area contributed by atoms with Gasteiger partial charge in [-0.1, -0.05) is 17.4 Å². The molecule has 0 spiro atoms. The van der Waals surface area contributed by atoms with Gasteiger partial charge in [-0.15, -0.1) is 0 Å². The minimum Gasteiger partial charge on any atom is -0.464 e. The van der Waals surface area contributed by atoms with Crippen molar-refractivity contribution in [1.29, 1.82) is 10.7 Å². The quantitative estimate of drug-likeness (QED) is 0.846. The summed E-state index contributed by atoms with van der Waals surface area (Å²) in [6.45, 7) is 4.14. The van der Waals surface area contributed by atoms with Crippen molar-refractivity contribution in [1.82, 2.24) is 15.0 Å². The molecule has 0 saturated carbocycles. The van der Waals surface area contributed by atoms with Crippen molar-refractivity contribution in [2.45, 2.75) is 13.8 Å². The molecule has 0 fully saturated rings. The molecule has 0 bridgehead atoms. The lowest BCUT2D eigenvalue weighted by atomic mass is 10.2. The zero-order valence-electron chi connectivity index (χ0n) is 11.1. The van der Waals surface area contributed by atoms with E-state index in [1.807, 2.05) is 13.8 Å². The summed E-state index contributed by atoms with van der Waals surface area (Å²) in [5, 5.41) is 17.9. The summed E-state index contributed by atoms with van der Waals surface area (Å²) in [5.41, 5.74) is 0.853. The van der Waals surface area contributed by atoms with Gasteiger partial charge in [0.1, 0.15) is 21.0 Å². The van der Waals surface area contributed by atoms with E-state index in [4.69, 9.17) is 10.1 Å². The van der Waals surface area contributed by atoms with Gasteiger partial charge in [0.05, 0.1) is 17.6 Å². The van der Waals surface area contributed by atoms with Gasteiger partial charge in [0, 0.05) is 6.20 Å². The van der Waals surface area contributed by atoms with Crippen molar-refractivity contribution in [2.75, 3.05) is 6.61 Å². The molecular formula is C13H13N5OS. The molecule has 0 aliphatic rings. The van der Waals surface area contributed by atoms with Gasteiger partial charge in [0.2, 0.25) is 0 Å². The van der Waals surface area contributed by atoms with Crippen molar-refractivity contribution >= 4 is 23.0 Å². The lowest BCUT2D eigenvalue weighted by molar-refractivity contribution is 0.312. The van der Waals surface area contributed by atoms with Crippen molar-refractivity contribution < 1.29 is 4.74 Å². The number of ether oxygens (including phenoxy) is 1. The number of aromatic amines is 1. The molecule has 0 aliphatic heterocycles. The molecule has 0 radical (unpaired) electrons. The van der Waals surface area contributed by atoms with Crippen molar-refractivity contribution in [3.8, 4) is 12.1 Å². The summed E-state index contributed by atoms with van der Waals surface area (Å²) >= 11 is 1.20. The number of rotatable bonds is 3. The van der Waals surface area contributed by atoms with Crippen molar-refractivity contribution in [3.05, 3.63) is 32.6 Å². The first-order chi connectivity index (χ1) is 9.69. The van der Waals surface area contributed by atoms with E-state index in [1.165, 1.54) is 11.3 Å². The van der Waals surface area contributed by atoms with E-state index in [1.54, 1.807) is 18.3 Å². The predicted molar refractivity (Wildman–Crippen MR) is 75.2 cm³/mol. The lowest BCUT2D eigenvalue weighted by Gasteiger charge is -2.01. The Morgan fingerprint density at radius 2 is 2.45 bits per heavy atom. The molecule has 0 aliphatic carbocycles. The summed E-state index contributed by atoms with van der Waals surface area (Å²) in [6.07, 6.45) is 3.34. The summed E-state index contributed by atoms with van der Waals surface area (Å²) < 4.78 is 6.22. The van der Waals surface area contributed by atoms with Crippen LogP contribution in [0.1, 0.15) is 19.5 Å². The molecule has 2 N–H and O–H groups in total. The first kappa shape index (κ1) is 14.0.